The van der Waals surface area contributed by atoms with Gasteiger partial charge >= 0.3 is 11.7 Å². The number of carbonyl (C=O) groups excluding carboxylic acids is 2. The number of aromatic nitrogens is 1. The molecule has 0 aliphatic carbocycles. The first kappa shape index (κ1) is 26.4. The number of oxazole rings is 1. The van der Waals surface area contributed by atoms with Crippen LogP contribution in [0.1, 0.15) is 50.2 Å². The van der Waals surface area contributed by atoms with Crippen LogP contribution >= 0.6 is 0 Å². The number of esters is 1. The Hall–Kier alpha value is -2.65. The molecule has 1 N–H and O–H groups in total. The van der Waals surface area contributed by atoms with Crippen molar-refractivity contribution >= 4 is 23.0 Å². The molecule has 0 unspecified atom stereocenters. The van der Waals surface area contributed by atoms with E-state index in [1.165, 1.54) is 0 Å². The minimum atomic E-state index is -0.463. The number of benzene rings is 1. The molecule has 198 valence electrons. The van der Waals surface area contributed by atoms with Crippen LogP contribution in [0.3, 0.4) is 0 Å². The van der Waals surface area contributed by atoms with Gasteiger partial charge in [0.1, 0.15) is 6.04 Å². The van der Waals surface area contributed by atoms with Crippen LogP contribution in [0.25, 0.3) is 11.1 Å². The van der Waals surface area contributed by atoms with Crippen molar-refractivity contribution < 1.29 is 18.7 Å². The van der Waals surface area contributed by atoms with Crippen molar-refractivity contribution in [2.45, 2.75) is 64.5 Å². The fourth-order valence-electron chi connectivity index (χ4n) is 5.71. The molecule has 2 aromatic rings. The first-order valence-corrected chi connectivity index (χ1v) is 13.2. The summed E-state index contributed by atoms with van der Waals surface area (Å²) in [4.78, 5) is 46.5. The molecule has 0 spiro atoms. The number of rotatable bonds is 9. The summed E-state index contributed by atoms with van der Waals surface area (Å²) in [6, 6.07) is 4.02. The number of likely N-dealkylation sites (tertiary alicyclic amines) is 2. The van der Waals surface area contributed by atoms with Gasteiger partial charge in [-0.1, -0.05) is 13.0 Å². The Balaban J connectivity index is 1.27. The minimum Gasteiger partial charge on any atom is -0.464 e. The summed E-state index contributed by atoms with van der Waals surface area (Å²) in [6.07, 6.45) is 5.06. The smallest absolute Gasteiger partial charge is 0.417 e. The van der Waals surface area contributed by atoms with Crippen LogP contribution in [-0.2, 0) is 20.7 Å². The summed E-state index contributed by atoms with van der Waals surface area (Å²) in [7, 11) is 4.03. The predicted molar refractivity (Wildman–Crippen MR) is 138 cm³/mol. The molecule has 2 atom stereocenters. The fraction of sp³-hybridized carbons (Fsp3) is 0.667. The highest BCUT2D eigenvalue weighted by Crippen LogP contribution is 2.28. The van der Waals surface area contributed by atoms with Gasteiger partial charge in [-0.15, -0.1) is 0 Å². The molecule has 0 saturated carbocycles. The Labute approximate surface area is 212 Å². The summed E-state index contributed by atoms with van der Waals surface area (Å²) in [6.45, 7) is 7.60. The number of nitrogens with one attached hydrogen (secondary N) is 1. The number of carbonyl (C=O) groups is 2. The third-order valence-corrected chi connectivity index (χ3v) is 7.56. The highest BCUT2D eigenvalue weighted by atomic mass is 16.5. The van der Waals surface area contributed by atoms with Gasteiger partial charge in [-0.05, 0) is 83.3 Å². The van der Waals surface area contributed by atoms with Crippen molar-refractivity contribution in [3.8, 4) is 0 Å². The first-order chi connectivity index (χ1) is 17.2. The second kappa shape index (κ2) is 11.6. The molecule has 9 heteroatoms. The van der Waals surface area contributed by atoms with E-state index in [-0.39, 0.29) is 23.8 Å². The predicted octanol–water partition coefficient (Wildman–Crippen LogP) is 2.56. The molecular formula is C27H40N4O5. The topological polar surface area (TPSA) is 99.1 Å². The normalized spacial score (nSPS) is 20.4. The molecule has 2 aliphatic heterocycles. The Morgan fingerprint density at radius 2 is 1.94 bits per heavy atom. The van der Waals surface area contributed by atoms with Crippen LogP contribution < -0.4 is 5.76 Å². The van der Waals surface area contributed by atoms with E-state index in [2.05, 4.69) is 14.8 Å². The molecule has 4 rings (SSSR count). The van der Waals surface area contributed by atoms with E-state index in [1.54, 1.807) is 0 Å². The molecular weight excluding hydrogens is 460 g/mol. The van der Waals surface area contributed by atoms with Gasteiger partial charge in [0.05, 0.1) is 12.1 Å². The lowest BCUT2D eigenvalue weighted by Gasteiger charge is -2.39. The van der Waals surface area contributed by atoms with E-state index in [9.17, 15) is 14.4 Å². The third kappa shape index (κ3) is 6.18. The molecule has 0 bridgehead atoms. The Morgan fingerprint density at radius 3 is 2.67 bits per heavy atom. The lowest BCUT2D eigenvalue weighted by atomic mass is 9.96. The van der Waals surface area contributed by atoms with Crippen LogP contribution in [0.2, 0.25) is 0 Å². The van der Waals surface area contributed by atoms with Crippen LogP contribution in [0, 0.1) is 12.8 Å². The van der Waals surface area contributed by atoms with Crippen molar-refractivity contribution in [3.05, 3.63) is 33.8 Å². The number of hydrogen-bond donors (Lipinski definition) is 1. The van der Waals surface area contributed by atoms with Gasteiger partial charge in [0.15, 0.2) is 5.58 Å². The van der Waals surface area contributed by atoms with Crippen molar-refractivity contribution in [2.75, 3.05) is 46.9 Å². The maximum atomic E-state index is 13.2. The van der Waals surface area contributed by atoms with E-state index < -0.39 is 5.76 Å². The van der Waals surface area contributed by atoms with Gasteiger partial charge in [-0.2, -0.15) is 0 Å². The van der Waals surface area contributed by atoms with E-state index in [4.69, 9.17) is 9.15 Å². The summed E-state index contributed by atoms with van der Waals surface area (Å²) < 4.78 is 10.8. The maximum Gasteiger partial charge on any atom is 0.417 e. The summed E-state index contributed by atoms with van der Waals surface area (Å²) in [5.74, 6) is -0.570. The Morgan fingerprint density at radius 1 is 1.19 bits per heavy atom. The molecule has 1 amide bonds. The van der Waals surface area contributed by atoms with Crippen molar-refractivity contribution in [1.29, 1.82) is 0 Å². The molecule has 3 heterocycles. The van der Waals surface area contributed by atoms with Gasteiger partial charge < -0.3 is 19.0 Å². The SMILES string of the molecule is Cc1cc(C[C@@H](C)C(=O)N2CCC(N3CCC[C@@H]3C(=O)OCCCN(C)C)CC2)cc2oc(=O)[nH]c12. The number of hydrogen-bond acceptors (Lipinski definition) is 7. The van der Waals surface area contributed by atoms with E-state index in [1.807, 2.05) is 45.0 Å². The standard InChI is InChI=1S/C27H40N4O5/c1-18-15-20(17-23-24(18)28-27(34)36-23)16-19(2)25(32)30-12-8-21(9-13-30)31-11-5-7-22(31)26(33)35-14-6-10-29(3)4/h15,17,19,21-22H,5-14,16H2,1-4H3,(H,28,34)/t19-,22-/m1/s1. The number of amides is 1. The van der Waals surface area contributed by atoms with E-state index >= 15 is 0 Å². The van der Waals surface area contributed by atoms with Gasteiger partial charge in [-0.3, -0.25) is 19.5 Å². The maximum absolute atomic E-state index is 13.2. The zero-order chi connectivity index (χ0) is 25.8. The van der Waals surface area contributed by atoms with Gasteiger partial charge in [0.25, 0.3) is 0 Å². The molecule has 1 aromatic heterocycles. The molecule has 2 aliphatic rings. The Kier molecular flexibility index (Phi) is 8.51. The fourth-order valence-corrected chi connectivity index (χ4v) is 5.71. The van der Waals surface area contributed by atoms with Crippen LogP contribution in [0.15, 0.2) is 21.3 Å². The van der Waals surface area contributed by atoms with E-state index in [0.29, 0.717) is 43.3 Å². The number of nitrogens with zero attached hydrogens (tertiary/aromatic N) is 3. The molecule has 9 nitrogen and oxygen atoms in total. The van der Waals surface area contributed by atoms with Crippen molar-refractivity contribution in [3.63, 3.8) is 0 Å². The molecule has 2 fully saturated rings. The van der Waals surface area contributed by atoms with Gasteiger partial charge in [0.2, 0.25) is 5.91 Å². The summed E-state index contributed by atoms with van der Waals surface area (Å²) in [5, 5.41) is 0. The number of H-pyrrole nitrogens is 1. The zero-order valence-corrected chi connectivity index (χ0v) is 22.0. The minimum absolute atomic E-state index is 0.0936. The quantitative estimate of drug-likeness (QED) is 0.417. The number of aromatic amines is 1. The Bertz CT molecular complexity index is 1120. The molecule has 1 aromatic carbocycles. The number of ether oxygens (including phenoxy) is 1. The van der Waals surface area contributed by atoms with Crippen LogP contribution in [0.4, 0.5) is 0 Å². The lowest BCUT2D eigenvalue weighted by Crippen LogP contribution is -2.51. The average molecular weight is 501 g/mol. The second-order valence-electron chi connectivity index (χ2n) is 10.7. The highest BCUT2D eigenvalue weighted by Gasteiger charge is 2.38. The number of fused-ring (bicyclic) bond motifs is 1. The summed E-state index contributed by atoms with van der Waals surface area (Å²) >= 11 is 0. The van der Waals surface area contributed by atoms with Gasteiger partial charge in [-0.25, -0.2) is 4.79 Å². The van der Waals surface area contributed by atoms with Gasteiger partial charge in [0, 0.05) is 31.6 Å². The molecule has 36 heavy (non-hydrogen) atoms. The van der Waals surface area contributed by atoms with Crippen molar-refractivity contribution in [1.82, 2.24) is 19.7 Å². The zero-order valence-electron chi connectivity index (χ0n) is 22.0. The summed E-state index contributed by atoms with van der Waals surface area (Å²) in [5.41, 5.74) is 3.17. The lowest BCUT2D eigenvalue weighted by molar-refractivity contribution is -0.151. The average Bonchev–Trinajstić information content (AvgIpc) is 3.48. The molecule has 2 saturated heterocycles. The second-order valence-corrected chi connectivity index (χ2v) is 10.7. The van der Waals surface area contributed by atoms with E-state index in [0.717, 1.165) is 56.3 Å². The monoisotopic (exact) mass is 500 g/mol. The third-order valence-electron chi connectivity index (χ3n) is 7.56. The largest absolute Gasteiger partial charge is 0.464 e. The van der Waals surface area contributed by atoms with Crippen LogP contribution in [-0.4, -0.2) is 90.5 Å². The van der Waals surface area contributed by atoms with Crippen LogP contribution in [0.5, 0.6) is 0 Å². The first-order valence-electron chi connectivity index (χ1n) is 13.2. The number of piperidine rings is 1. The highest BCUT2D eigenvalue weighted by molar-refractivity contribution is 5.80. The molecule has 0 radical (unpaired) electrons. The number of aryl methyl sites for hydroxylation is 1. The van der Waals surface area contributed by atoms with Crippen molar-refractivity contribution in [2.24, 2.45) is 5.92 Å².